The Morgan fingerprint density at radius 3 is 2.65 bits per heavy atom. The smallest absolute Gasteiger partial charge is 0.295 e. The van der Waals surface area contributed by atoms with Crippen LogP contribution in [0, 0.1) is 6.92 Å². The molecule has 1 fully saturated rings. The summed E-state index contributed by atoms with van der Waals surface area (Å²) < 4.78 is 29.7. The number of aryl methyl sites for hydroxylation is 1. The number of benzene rings is 1. The topological polar surface area (TPSA) is 100 Å². The fourth-order valence-electron chi connectivity index (χ4n) is 5.22. The standard InChI is InChI=1S/C27H33F2N5O3/c1-6-21-11-19(13-34(21)17(4)36)23-12-22-24(26(37)33(23)5)31-16(3)32-25(22)30-15(2)18-8-7-9-20(10-18)27(28,29)14-35/h7-10,12,15,19,21,35H,6,11,13-14H2,1-5H3,(H,30,31,32)/t15-,19?,21-/m1/s1. The van der Waals surface area contributed by atoms with E-state index in [4.69, 9.17) is 5.11 Å². The van der Waals surface area contributed by atoms with Gasteiger partial charge in [-0.2, -0.15) is 8.78 Å². The molecule has 8 nitrogen and oxygen atoms in total. The molecule has 1 unspecified atom stereocenters. The SMILES string of the molecule is CC[C@@H]1CC(c2cc3c(N[C@H](C)c4cccc(C(F)(F)CO)c4)nc(C)nc3c(=O)n2C)CN1C(C)=O. The van der Waals surface area contributed by atoms with Crippen molar-refractivity contribution in [3.8, 4) is 0 Å². The molecule has 37 heavy (non-hydrogen) atoms. The summed E-state index contributed by atoms with van der Waals surface area (Å²) in [4.78, 5) is 36.4. The first kappa shape index (κ1) is 26.7. The average molecular weight is 514 g/mol. The van der Waals surface area contributed by atoms with Crippen LogP contribution in [0.2, 0.25) is 0 Å². The summed E-state index contributed by atoms with van der Waals surface area (Å²) in [7, 11) is 1.72. The van der Waals surface area contributed by atoms with E-state index in [-0.39, 0.29) is 34.5 Å². The van der Waals surface area contributed by atoms with Gasteiger partial charge in [-0.05, 0) is 44.4 Å². The number of alkyl halides is 2. The molecule has 2 aromatic heterocycles. The molecular formula is C27H33F2N5O3. The maximum Gasteiger partial charge on any atom is 0.295 e. The predicted octanol–water partition coefficient (Wildman–Crippen LogP) is 4.01. The Bertz CT molecular complexity index is 1390. The number of pyridine rings is 1. The maximum absolute atomic E-state index is 14.1. The Morgan fingerprint density at radius 2 is 2.03 bits per heavy atom. The molecule has 2 N–H and O–H groups in total. The third-order valence-corrected chi connectivity index (χ3v) is 7.31. The molecule has 1 aliphatic heterocycles. The van der Waals surface area contributed by atoms with E-state index >= 15 is 0 Å². The van der Waals surface area contributed by atoms with Gasteiger partial charge in [-0.1, -0.05) is 25.1 Å². The number of halogens is 2. The summed E-state index contributed by atoms with van der Waals surface area (Å²) in [5.41, 5.74) is 1.11. The highest BCUT2D eigenvalue weighted by atomic mass is 19.3. The number of hydrogen-bond acceptors (Lipinski definition) is 6. The fourth-order valence-corrected chi connectivity index (χ4v) is 5.22. The number of aromatic nitrogens is 3. The number of nitrogens with zero attached hydrogens (tertiary/aromatic N) is 4. The fraction of sp³-hybridized carbons (Fsp3) is 0.481. The van der Waals surface area contributed by atoms with E-state index in [0.29, 0.717) is 29.1 Å². The summed E-state index contributed by atoms with van der Waals surface area (Å²) in [6.45, 7) is 6.38. The van der Waals surface area contributed by atoms with E-state index in [1.807, 2.05) is 24.8 Å². The van der Waals surface area contributed by atoms with Crippen molar-refractivity contribution in [1.82, 2.24) is 19.4 Å². The Hall–Kier alpha value is -3.40. The number of anilines is 1. The number of fused-ring (bicyclic) bond motifs is 1. The summed E-state index contributed by atoms with van der Waals surface area (Å²) in [5.74, 6) is -2.51. The molecule has 1 aliphatic rings. The van der Waals surface area contributed by atoms with Crippen molar-refractivity contribution >= 4 is 22.6 Å². The van der Waals surface area contributed by atoms with Gasteiger partial charge in [0.05, 0.1) is 5.39 Å². The van der Waals surface area contributed by atoms with Crippen molar-refractivity contribution in [2.75, 3.05) is 18.5 Å². The highest BCUT2D eigenvalue weighted by Gasteiger charge is 2.35. The largest absolute Gasteiger partial charge is 0.390 e. The van der Waals surface area contributed by atoms with Crippen LogP contribution >= 0.6 is 0 Å². The van der Waals surface area contributed by atoms with Crippen LogP contribution in [0.3, 0.4) is 0 Å². The second kappa shape index (κ2) is 10.2. The van der Waals surface area contributed by atoms with Crippen LogP contribution in [0.25, 0.3) is 10.9 Å². The average Bonchev–Trinajstić information content (AvgIpc) is 3.31. The van der Waals surface area contributed by atoms with Crippen LogP contribution in [0.15, 0.2) is 35.1 Å². The van der Waals surface area contributed by atoms with Crippen molar-refractivity contribution in [2.45, 2.75) is 64.5 Å². The molecule has 3 atom stereocenters. The summed E-state index contributed by atoms with van der Waals surface area (Å²) in [5, 5.41) is 12.9. The van der Waals surface area contributed by atoms with E-state index in [1.165, 1.54) is 18.2 Å². The molecule has 10 heteroatoms. The Morgan fingerprint density at radius 1 is 1.30 bits per heavy atom. The van der Waals surface area contributed by atoms with Crippen molar-refractivity contribution < 1.29 is 18.7 Å². The second-order valence-corrected chi connectivity index (χ2v) is 9.84. The first-order valence-corrected chi connectivity index (χ1v) is 12.5. The number of nitrogens with one attached hydrogen (secondary N) is 1. The van der Waals surface area contributed by atoms with Gasteiger partial charge >= 0.3 is 0 Å². The van der Waals surface area contributed by atoms with Crippen LogP contribution in [0.1, 0.15) is 68.2 Å². The van der Waals surface area contributed by atoms with E-state index in [2.05, 4.69) is 15.3 Å². The maximum atomic E-state index is 14.1. The minimum Gasteiger partial charge on any atom is -0.390 e. The van der Waals surface area contributed by atoms with Crippen LogP contribution < -0.4 is 10.9 Å². The lowest BCUT2D eigenvalue weighted by molar-refractivity contribution is -0.129. The first-order chi connectivity index (χ1) is 17.5. The van der Waals surface area contributed by atoms with Gasteiger partial charge in [0.1, 0.15) is 23.8 Å². The van der Waals surface area contributed by atoms with Crippen molar-refractivity contribution in [2.24, 2.45) is 7.05 Å². The summed E-state index contributed by atoms with van der Waals surface area (Å²) >= 11 is 0. The molecule has 4 rings (SSSR count). The molecule has 1 amide bonds. The highest BCUT2D eigenvalue weighted by molar-refractivity contribution is 5.89. The van der Waals surface area contributed by atoms with E-state index in [1.54, 1.807) is 31.5 Å². The Labute approximate surface area is 214 Å². The molecule has 0 saturated carbocycles. The molecule has 0 spiro atoms. The van der Waals surface area contributed by atoms with Crippen LogP contribution in [-0.4, -0.2) is 49.6 Å². The lowest BCUT2D eigenvalue weighted by Crippen LogP contribution is -2.33. The van der Waals surface area contributed by atoms with Gasteiger partial charge in [0.2, 0.25) is 5.91 Å². The predicted molar refractivity (Wildman–Crippen MR) is 138 cm³/mol. The molecule has 0 bridgehead atoms. The zero-order chi connectivity index (χ0) is 27.1. The Kier molecular flexibility index (Phi) is 7.32. The molecule has 1 saturated heterocycles. The molecular weight excluding hydrogens is 480 g/mol. The first-order valence-electron chi connectivity index (χ1n) is 12.5. The minimum atomic E-state index is -3.35. The summed E-state index contributed by atoms with van der Waals surface area (Å²) in [6.07, 6.45) is 1.59. The number of aliphatic hydroxyl groups excluding tert-OH is 1. The lowest BCUT2D eigenvalue weighted by atomic mass is 9.98. The lowest BCUT2D eigenvalue weighted by Gasteiger charge is -2.22. The van der Waals surface area contributed by atoms with Gasteiger partial charge in [-0.3, -0.25) is 9.59 Å². The molecule has 3 aromatic rings. The van der Waals surface area contributed by atoms with Crippen LogP contribution in [0.4, 0.5) is 14.6 Å². The molecule has 3 heterocycles. The number of carbonyl (C=O) groups is 1. The third kappa shape index (κ3) is 5.07. The number of hydrogen-bond donors (Lipinski definition) is 2. The number of aliphatic hydroxyl groups is 1. The van der Waals surface area contributed by atoms with Gasteiger partial charge < -0.3 is 19.9 Å². The van der Waals surface area contributed by atoms with E-state index in [0.717, 1.165) is 18.5 Å². The van der Waals surface area contributed by atoms with E-state index in [9.17, 15) is 18.4 Å². The number of carbonyl (C=O) groups excluding carboxylic acids is 1. The van der Waals surface area contributed by atoms with Crippen LogP contribution in [-0.2, 0) is 17.8 Å². The number of amides is 1. The molecule has 0 aliphatic carbocycles. The van der Waals surface area contributed by atoms with Gasteiger partial charge in [0, 0.05) is 49.8 Å². The second-order valence-electron chi connectivity index (χ2n) is 9.84. The highest BCUT2D eigenvalue weighted by Crippen LogP contribution is 2.35. The zero-order valence-electron chi connectivity index (χ0n) is 21.8. The van der Waals surface area contributed by atoms with E-state index < -0.39 is 18.6 Å². The summed E-state index contributed by atoms with van der Waals surface area (Å²) in [6, 6.07) is 7.47. The number of likely N-dealkylation sites (tertiary alicyclic amines) is 1. The zero-order valence-corrected chi connectivity index (χ0v) is 21.8. The normalized spacial score (nSPS) is 18.9. The van der Waals surface area contributed by atoms with Crippen LogP contribution in [0.5, 0.6) is 0 Å². The van der Waals surface area contributed by atoms with Crippen molar-refractivity contribution in [3.05, 3.63) is 63.3 Å². The van der Waals surface area contributed by atoms with Gasteiger partial charge in [-0.25, -0.2) is 9.97 Å². The Balaban J connectivity index is 1.75. The molecule has 0 radical (unpaired) electrons. The van der Waals surface area contributed by atoms with Gasteiger partial charge in [0.15, 0.2) is 0 Å². The monoisotopic (exact) mass is 513 g/mol. The van der Waals surface area contributed by atoms with Gasteiger partial charge in [0.25, 0.3) is 11.5 Å². The third-order valence-electron chi connectivity index (χ3n) is 7.31. The van der Waals surface area contributed by atoms with Crippen molar-refractivity contribution in [3.63, 3.8) is 0 Å². The molecule has 198 valence electrons. The quantitative estimate of drug-likeness (QED) is 0.495. The number of rotatable bonds is 7. The minimum absolute atomic E-state index is 0.0140. The molecule has 1 aromatic carbocycles. The van der Waals surface area contributed by atoms with Crippen molar-refractivity contribution in [1.29, 1.82) is 0 Å². The van der Waals surface area contributed by atoms with Gasteiger partial charge in [-0.15, -0.1) is 0 Å².